The van der Waals surface area contributed by atoms with Crippen LogP contribution in [-0.2, 0) is 14.3 Å². The highest BCUT2D eigenvalue weighted by molar-refractivity contribution is 5.89. The number of nitro benzene ring substituents is 1. The summed E-state index contributed by atoms with van der Waals surface area (Å²) >= 11 is 0. The van der Waals surface area contributed by atoms with Crippen molar-refractivity contribution in [3.8, 4) is 5.75 Å². The van der Waals surface area contributed by atoms with Gasteiger partial charge in [-0.15, -0.1) is 0 Å². The molecule has 1 aliphatic rings. The lowest BCUT2D eigenvalue weighted by atomic mass is 10.2. The number of non-ortho nitro benzene ring substituents is 1. The number of nitro groups is 1. The smallest absolute Gasteiger partial charge is 0.338 e. The summed E-state index contributed by atoms with van der Waals surface area (Å²) in [6.45, 7) is 3.07. The van der Waals surface area contributed by atoms with Crippen molar-refractivity contribution in [2.24, 2.45) is 0 Å². The molecule has 1 unspecified atom stereocenters. The second kappa shape index (κ2) is 6.96. The van der Waals surface area contributed by atoms with E-state index in [4.69, 9.17) is 14.2 Å². The van der Waals surface area contributed by atoms with Gasteiger partial charge in [-0.3, -0.25) is 10.1 Å². The molecule has 0 radical (unpaired) electrons. The first kappa shape index (κ1) is 15.1. The van der Waals surface area contributed by atoms with Crippen molar-refractivity contribution in [2.45, 2.75) is 13.0 Å². The van der Waals surface area contributed by atoms with Gasteiger partial charge in [-0.2, -0.15) is 0 Å². The minimum absolute atomic E-state index is 0.0604. The molecule has 2 rings (SSSR count). The maximum atomic E-state index is 11.9. The zero-order chi connectivity index (χ0) is 15.2. The number of hydrogen-bond donors (Lipinski definition) is 0. The van der Waals surface area contributed by atoms with Gasteiger partial charge in [-0.1, -0.05) is 0 Å². The van der Waals surface area contributed by atoms with E-state index in [2.05, 4.69) is 0 Å². The van der Waals surface area contributed by atoms with Crippen LogP contribution in [0.1, 0.15) is 6.92 Å². The second-order valence-electron chi connectivity index (χ2n) is 4.47. The first-order valence-electron chi connectivity index (χ1n) is 6.40. The predicted octanol–water partition coefficient (Wildman–Crippen LogP) is 1.86. The van der Waals surface area contributed by atoms with Gasteiger partial charge in [0.25, 0.3) is 5.69 Å². The lowest BCUT2D eigenvalue weighted by molar-refractivity contribution is -0.384. The minimum atomic E-state index is -0.530. The van der Waals surface area contributed by atoms with Crippen LogP contribution in [0.15, 0.2) is 35.9 Å². The highest BCUT2D eigenvalue weighted by Crippen LogP contribution is 2.18. The number of hydrogen-bond acceptors (Lipinski definition) is 6. The van der Waals surface area contributed by atoms with E-state index in [-0.39, 0.29) is 17.5 Å². The molecule has 21 heavy (non-hydrogen) atoms. The largest absolute Gasteiger partial charge is 0.423 e. The molecule has 1 atom stereocenters. The van der Waals surface area contributed by atoms with Crippen LogP contribution in [0.2, 0.25) is 0 Å². The number of carbonyl (C=O) groups excluding carboxylic acids is 1. The molecule has 1 saturated heterocycles. The molecule has 0 aromatic heterocycles. The lowest BCUT2D eigenvalue weighted by Gasteiger charge is -2.20. The van der Waals surface area contributed by atoms with Gasteiger partial charge in [0.2, 0.25) is 0 Å². The van der Waals surface area contributed by atoms with E-state index in [1.54, 1.807) is 13.0 Å². The van der Waals surface area contributed by atoms with E-state index >= 15 is 0 Å². The van der Waals surface area contributed by atoms with Crippen molar-refractivity contribution < 1.29 is 23.9 Å². The fraction of sp³-hybridized carbons (Fsp3) is 0.357. The van der Waals surface area contributed by atoms with E-state index in [1.165, 1.54) is 24.3 Å². The van der Waals surface area contributed by atoms with Crippen LogP contribution in [0.3, 0.4) is 0 Å². The average molecular weight is 293 g/mol. The fourth-order valence-electron chi connectivity index (χ4n) is 1.77. The highest BCUT2D eigenvalue weighted by Gasteiger charge is 2.15. The van der Waals surface area contributed by atoms with Gasteiger partial charge in [0.05, 0.1) is 30.8 Å². The van der Waals surface area contributed by atoms with Gasteiger partial charge < -0.3 is 14.2 Å². The molecular formula is C14H15NO6. The third kappa shape index (κ3) is 4.37. The SMILES string of the molecule is CC(=CC1COCCO1)C(=O)Oc1ccc([N+](=O)[O-])cc1. The first-order chi connectivity index (χ1) is 10.1. The summed E-state index contributed by atoms with van der Waals surface area (Å²) < 4.78 is 15.8. The number of ether oxygens (including phenoxy) is 3. The van der Waals surface area contributed by atoms with Crippen LogP contribution in [0.25, 0.3) is 0 Å². The third-order valence-electron chi connectivity index (χ3n) is 2.86. The first-order valence-corrected chi connectivity index (χ1v) is 6.40. The van der Waals surface area contributed by atoms with Crippen molar-refractivity contribution in [1.29, 1.82) is 0 Å². The Labute approximate surface area is 121 Å². The van der Waals surface area contributed by atoms with Crippen molar-refractivity contribution in [1.82, 2.24) is 0 Å². The monoisotopic (exact) mass is 293 g/mol. The number of rotatable bonds is 4. The molecule has 0 amide bonds. The van der Waals surface area contributed by atoms with Crippen molar-refractivity contribution in [3.63, 3.8) is 0 Å². The van der Waals surface area contributed by atoms with Gasteiger partial charge in [-0.05, 0) is 25.1 Å². The van der Waals surface area contributed by atoms with E-state index in [9.17, 15) is 14.9 Å². The van der Waals surface area contributed by atoms with Gasteiger partial charge >= 0.3 is 5.97 Å². The zero-order valence-electron chi connectivity index (χ0n) is 11.5. The summed E-state index contributed by atoms with van der Waals surface area (Å²) in [5.41, 5.74) is 0.332. The maximum Gasteiger partial charge on any atom is 0.338 e. The van der Waals surface area contributed by atoms with Crippen LogP contribution < -0.4 is 4.74 Å². The molecule has 1 fully saturated rings. The highest BCUT2D eigenvalue weighted by atomic mass is 16.6. The Hall–Kier alpha value is -2.25. The van der Waals surface area contributed by atoms with Gasteiger partial charge in [-0.25, -0.2) is 4.79 Å². The quantitative estimate of drug-likeness (QED) is 0.277. The molecule has 1 aromatic rings. The average Bonchev–Trinajstić information content (AvgIpc) is 2.48. The maximum absolute atomic E-state index is 11.9. The molecule has 112 valence electrons. The van der Waals surface area contributed by atoms with E-state index in [0.717, 1.165) is 0 Å². The van der Waals surface area contributed by atoms with Crippen molar-refractivity contribution in [2.75, 3.05) is 19.8 Å². The minimum Gasteiger partial charge on any atom is -0.423 e. The molecule has 1 aromatic carbocycles. The molecule has 0 N–H and O–H groups in total. The molecule has 0 saturated carbocycles. The van der Waals surface area contributed by atoms with Gasteiger partial charge in [0, 0.05) is 17.7 Å². The second-order valence-corrected chi connectivity index (χ2v) is 4.47. The molecule has 0 bridgehead atoms. The van der Waals surface area contributed by atoms with Crippen LogP contribution >= 0.6 is 0 Å². The van der Waals surface area contributed by atoms with Crippen LogP contribution in [0, 0.1) is 10.1 Å². The number of nitrogens with zero attached hydrogens (tertiary/aromatic N) is 1. The van der Waals surface area contributed by atoms with Crippen molar-refractivity contribution in [3.05, 3.63) is 46.0 Å². The normalized spacial score (nSPS) is 19.1. The van der Waals surface area contributed by atoms with Gasteiger partial charge in [0.15, 0.2) is 0 Å². The predicted molar refractivity (Wildman–Crippen MR) is 73.0 cm³/mol. The number of carbonyl (C=O) groups is 1. The molecule has 0 aliphatic carbocycles. The Morgan fingerprint density at radius 2 is 2.10 bits per heavy atom. The summed E-state index contributed by atoms with van der Waals surface area (Å²) in [6.07, 6.45) is 1.38. The summed E-state index contributed by atoms with van der Waals surface area (Å²) in [4.78, 5) is 21.9. The molecule has 0 spiro atoms. The van der Waals surface area contributed by atoms with Crippen molar-refractivity contribution >= 4 is 11.7 Å². The van der Waals surface area contributed by atoms with Crippen LogP contribution in [-0.4, -0.2) is 36.8 Å². The molecule has 7 nitrogen and oxygen atoms in total. The Morgan fingerprint density at radius 1 is 1.38 bits per heavy atom. The number of benzene rings is 1. The molecule has 1 aliphatic heterocycles. The summed E-state index contributed by atoms with van der Waals surface area (Å²) in [5.74, 6) is -0.280. The lowest BCUT2D eigenvalue weighted by Crippen LogP contribution is -2.27. The van der Waals surface area contributed by atoms with E-state index < -0.39 is 10.9 Å². The van der Waals surface area contributed by atoms with Crippen LogP contribution in [0.5, 0.6) is 5.75 Å². The molecular weight excluding hydrogens is 278 g/mol. The Morgan fingerprint density at radius 3 is 2.67 bits per heavy atom. The topological polar surface area (TPSA) is 87.9 Å². The zero-order valence-corrected chi connectivity index (χ0v) is 11.5. The number of esters is 1. The third-order valence-corrected chi connectivity index (χ3v) is 2.86. The summed E-state index contributed by atoms with van der Waals surface area (Å²) in [6, 6.07) is 5.31. The summed E-state index contributed by atoms with van der Waals surface area (Å²) in [7, 11) is 0. The van der Waals surface area contributed by atoms with Crippen LogP contribution in [0.4, 0.5) is 5.69 Å². The van der Waals surface area contributed by atoms with Gasteiger partial charge in [0.1, 0.15) is 5.75 Å². The summed E-state index contributed by atoms with van der Waals surface area (Å²) in [5, 5.41) is 10.5. The molecule has 1 heterocycles. The standard InChI is InChI=1S/C14H15NO6/c1-10(8-13-9-19-6-7-20-13)14(16)21-12-4-2-11(3-5-12)15(17)18/h2-5,8,13H,6-7,9H2,1H3. The molecule has 7 heteroatoms. The Balaban J connectivity index is 1.96. The Kier molecular flexibility index (Phi) is 5.02. The van der Waals surface area contributed by atoms with E-state index in [0.29, 0.717) is 25.4 Å². The Bertz CT molecular complexity index is 545. The van der Waals surface area contributed by atoms with E-state index in [1.807, 2.05) is 0 Å². The fourth-order valence-corrected chi connectivity index (χ4v) is 1.77.